The quantitative estimate of drug-likeness (QED) is 0.575. The Labute approximate surface area is 131 Å². The first-order valence-electron chi connectivity index (χ1n) is 6.28. The van der Waals surface area contributed by atoms with E-state index in [2.05, 4.69) is 10.2 Å². The van der Waals surface area contributed by atoms with E-state index in [1.54, 1.807) is 0 Å². The van der Waals surface area contributed by atoms with Gasteiger partial charge in [-0.05, 0) is 24.3 Å². The van der Waals surface area contributed by atoms with Gasteiger partial charge in [0, 0.05) is 16.1 Å². The van der Waals surface area contributed by atoms with Gasteiger partial charge < -0.3 is 10.2 Å². The fourth-order valence-electron chi connectivity index (χ4n) is 1.82. The van der Waals surface area contributed by atoms with Crippen molar-refractivity contribution in [1.29, 1.82) is 0 Å². The molecular formula is C15H12ClN3OS. The molecule has 0 radical (unpaired) electrons. The fourth-order valence-corrected chi connectivity index (χ4v) is 2.99. The van der Waals surface area contributed by atoms with Crippen LogP contribution in [-0.2, 0) is 5.75 Å². The van der Waals surface area contributed by atoms with E-state index in [1.807, 2.05) is 48.5 Å². The minimum absolute atomic E-state index is 0.512. The minimum Gasteiger partial charge on any atom is -0.420 e. The van der Waals surface area contributed by atoms with Gasteiger partial charge in [0.1, 0.15) is 0 Å². The number of thioether (sulfide) groups is 1. The van der Waals surface area contributed by atoms with E-state index in [-0.39, 0.29) is 0 Å². The van der Waals surface area contributed by atoms with Crippen LogP contribution in [0.1, 0.15) is 5.89 Å². The van der Waals surface area contributed by atoms with Crippen molar-refractivity contribution in [2.45, 2.75) is 10.6 Å². The van der Waals surface area contributed by atoms with Crippen LogP contribution in [0.4, 0.5) is 5.69 Å². The summed E-state index contributed by atoms with van der Waals surface area (Å²) in [5, 5.41) is 8.72. The van der Waals surface area contributed by atoms with Crippen LogP contribution in [-0.4, -0.2) is 10.2 Å². The Bertz CT molecular complexity index is 725. The molecule has 0 bridgehead atoms. The summed E-state index contributed by atoms with van der Waals surface area (Å²) in [5.41, 5.74) is 7.46. The summed E-state index contributed by atoms with van der Waals surface area (Å²) in [5.74, 6) is 1.57. The molecule has 2 aromatic carbocycles. The van der Waals surface area contributed by atoms with Crippen molar-refractivity contribution in [2.75, 3.05) is 5.73 Å². The molecule has 0 aliphatic rings. The second-order valence-electron chi connectivity index (χ2n) is 4.31. The second kappa shape index (κ2) is 6.20. The highest BCUT2D eigenvalue weighted by atomic mass is 35.5. The van der Waals surface area contributed by atoms with Gasteiger partial charge in [-0.25, -0.2) is 0 Å². The van der Waals surface area contributed by atoms with Gasteiger partial charge in [0.25, 0.3) is 0 Å². The van der Waals surface area contributed by atoms with E-state index in [0.29, 0.717) is 28.2 Å². The predicted octanol–water partition coefficient (Wildman–Crippen LogP) is 4.26. The van der Waals surface area contributed by atoms with Crippen molar-refractivity contribution in [3.8, 4) is 11.5 Å². The van der Waals surface area contributed by atoms with Gasteiger partial charge in [0.2, 0.25) is 11.8 Å². The largest absolute Gasteiger partial charge is 0.420 e. The number of rotatable bonds is 4. The number of aromatic nitrogens is 2. The lowest BCUT2D eigenvalue weighted by Crippen LogP contribution is -1.89. The van der Waals surface area contributed by atoms with E-state index in [4.69, 9.17) is 21.8 Å². The van der Waals surface area contributed by atoms with Gasteiger partial charge in [0.15, 0.2) is 0 Å². The summed E-state index contributed by atoms with van der Waals surface area (Å²) in [6, 6.07) is 15.1. The zero-order chi connectivity index (χ0) is 14.7. The van der Waals surface area contributed by atoms with E-state index < -0.39 is 0 Å². The summed E-state index contributed by atoms with van der Waals surface area (Å²) in [7, 11) is 0. The molecule has 1 heterocycles. The molecule has 0 aliphatic carbocycles. The Morgan fingerprint density at radius 3 is 2.62 bits per heavy atom. The fraction of sp³-hybridized carbons (Fsp3) is 0.0667. The highest BCUT2D eigenvalue weighted by Crippen LogP contribution is 2.34. The molecular weight excluding hydrogens is 306 g/mol. The summed E-state index contributed by atoms with van der Waals surface area (Å²) in [6.45, 7) is 0. The van der Waals surface area contributed by atoms with Crippen LogP contribution in [0.15, 0.2) is 57.8 Å². The number of nitrogen functional groups attached to an aromatic ring is 1. The number of hydrogen-bond acceptors (Lipinski definition) is 5. The van der Waals surface area contributed by atoms with Crippen molar-refractivity contribution in [1.82, 2.24) is 10.2 Å². The maximum Gasteiger partial charge on any atom is 0.247 e. The number of nitrogens with zero attached hydrogens (tertiary/aromatic N) is 2. The smallest absolute Gasteiger partial charge is 0.247 e. The summed E-state index contributed by atoms with van der Waals surface area (Å²) in [6.07, 6.45) is 0. The lowest BCUT2D eigenvalue weighted by Gasteiger charge is -2.05. The maximum atomic E-state index is 6.13. The van der Waals surface area contributed by atoms with Gasteiger partial charge >= 0.3 is 0 Å². The van der Waals surface area contributed by atoms with Crippen molar-refractivity contribution in [2.24, 2.45) is 0 Å². The molecule has 0 saturated carbocycles. The third-order valence-electron chi connectivity index (χ3n) is 2.83. The van der Waals surface area contributed by atoms with Gasteiger partial charge in [-0.2, -0.15) is 0 Å². The number of nitrogens with two attached hydrogens (primary N) is 1. The minimum atomic E-state index is 0.512. The topological polar surface area (TPSA) is 64.9 Å². The number of halogens is 1. The Morgan fingerprint density at radius 2 is 1.86 bits per heavy atom. The predicted molar refractivity (Wildman–Crippen MR) is 85.2 cm³/mol. The standard InChI is InChI=1S/C15H12ClN3OS/c16-11-7-4-8-12(17)14(11)21-9-13-18-19-15(20-13)10-5-2-1-3-6-10/h1-8H,9,17H2. The molecule has 3 rings (SSSR count). The zero-order valence-corrected chi connectivity index (χ0v) is 12.6. The highest BCUT2D eigenvalue weighted by Gasteiger charge is 2.11. The molecule has 106 valence electrons. The normalized spacial score (nSPS) is 10.7. The molecule has 2 N–H and O–H groups in total. The number of hydrogen-bond donors (Lipinski definition) is 1. The van der Waals surface area contributed by atoms with Crippen molar-refractivity contribution in [3.05, 3.63) is 59.4 Å². The number of benzene rings is 2. The molecule has 21 heavy (non-hydrogen) atoms. The molecule has 0 atom stereocenters. The average Bonchev–Trinajstić information content (AvgIpc) is 2.97. The SMILES string of the molecule is Nc1cccc(Cl)c1SCc1nnc(-c2ccccc2)o1. The molecule has 0 unspecified atom stereocenters. The average molecular weight is 318 g/mol. The molecule has 0 amide bonds. The maximum absolute atomic E-state index is 6.13. The first kappa shape index (κ1) is 14.0. The summed E-state index contributed by atoms with van der Waals surface area (Å²) in [4.78, 5) is 0.832. The van der Waals surface area contributed by atoms with Crippen molar-refractivity contribution < 1.29 is 4.42 Å². The lowest BCUT2D eigenvalue weighted by atomic mass is 10.2. The van der Waals surface area contributed by atoms with Crippen LogP contribution in [0.5, 0.6) is 0 Å². The first-order valence-corrected chi connectivity index (χ1v) is 7.65. The van der Waals surface area contributed by atoms with Crippen LogP contribution < -0.4 is 5.73 Å². The van der Waals surface area contributed by atoms with E-state index in [0.717, 1.165) is 10.5 Å². The Hall–Kier alpha value is -1.98. The molecule has 4 nitrogen and oxygen atoms in total. The van der Waals surface area contributed by atoms with Crippen molar-refractivity contribution >= 4 is 29.1 Å². The van der Waals surface area contributed by atoms with E-state index >= 15 is 0 Å². The third kappa shape index (κ3) is 3.20. The molecule has 0 spiro atoms. The Morgan fingerprint density at radius 1 is 1.05 bits per heavy atom. The van der Waals surface area contributed by atoms with Crippen LogP contribution in [0, 0.1) is 0 Å². The van der Waals surface area contributed by atoms with Crippen LogP contribution in [0.2, 0.25) is 5.02 Å². The van der Waals surface area contributed by atoms with Crippen molar-refractivity contribution in [3.63, 3.8) is 0 Å². The molecule has 6 heteroatoms. The Kier molecular flexibility index (Phi) is 4.13. The molecule has 3 aromatic rings. The molecule has 0 aliphatic heterocycles. The van der Waals surface area contributed by atoms with Crippen LogP contribution >= 0.6 is 23.4 Å². The van der Waals surface area contributed by atoms with Gasteiger partial charge in [-0.15, -0.1) is 22.0 Å². The van der Waals surface area contributed by atoms with Crippen LogP contribution in [0.3, 0.4) is 0 Å². The third-order valence-corrected chi connectivity index (χ3v) is 4.39. The second-order valence-corrected chi connectivity index (χ2v) is 5.71. The van der Waals surface area contributed by atoms with E-state index in [9.17, 15) is 0 Å². The van der Waals surface area contributed by atoms with Gasteiger partial charge in [-0.1, -0.05) is 35.9 Å². The summed E-state index contributed by atoms with van der Waals surface area (Å²) < 4.78 is 5.64. The molecule has 0 fully saturated rings. The van der Waals surface area contributed by atoms with Gasteiger partial charge in [-0.3, -0.25) is 0 Å². The summed E-state index contributed by atoms with van der Waals surface area (Å²) >= 11 is 7.61. The molecule has 1 aromatic heterocycles. The molecule has 0 saturated heterocycles. The monoisotopic (exact) mass is 317 g/mol. The Balaban J connectivity index is 1.74. The first-order chi connectivity index (χ1) is 10.2. The van der Waals surface area contributed by atoms with Crippen LogP contribution in [0.25, 0.3) is 11.5 Å². The lowest BCUT2D eigenvalue weighted by molar-refractivity contribution is 0.528. The zero-order valence-electron chi connectivity index (χ0n) is 11.0. The highest BCUT2D eigenvalue weighted by molar-refractivity contribution is 7.98. The van der Waals surface area contributed by atoms with Gasteiger partial charge in [0.05, 0.1) is 10.8 Å². The van der Waals surface area contributed by atoms with E-state index in [1.165, 1.54) is 11.8 Å². The number of anilines is 1.